The van der Waals surface area contributed by atoms with Gasteiger partial charge in [0.2, 0.25) is 0 Å². The van der Waals surface area contributed by atoms with Gasteiger partial charge in [-0.1, -0.05) is 34.6 Å². The van der Waals surface area contributed by atoms with Crippen LogP contribution in [0.25, 0.3) is 11.0 Å². The molecule has 0 bridgehead atoms. The summed E-state index contributed by atoms with van der Waals surface area (Å²) >= 11 is 0. The van der Waals surface area contributed by atoms with Crippen LogP contribution in [0.15, 0.2) is 48.5 Å². The van der Waals surface area contributed by atoms with E-state index in [-0.39, 0.29) is 11.7 Å². The lowest BCUT2D eigenvalue weighted by Gasteiger charge is -2.37. The number of hydrogen-bond donors (Lipinski definition) is 0. The molecule has 2 aromatic heterocycles. The van der Waals surface area contributed by atoms with Crippen molar-refractivity contribution in [2.24, 2.45) is 5.92 Å². The molecule has 0 aromatic carbocycles. The second-order valence-corrected chi connectivity index (χ2v) is 10.8. The summed E-state index contributed by atoms with van der Waals surface area (Å²) in [6.07, 6.45) is 15.1. The number of piperidine rings is 1. The summed E-state index contributed by atoms with van der Waals surface area (Å²) in [4.78, 5) is 22.2. The second kappa shape index (κ2) is 8.03. The molecule has 0 radical (unpaired) electrons. The molecule has 1 fully saturated rings. The first-order chi connectivity index (χ1) is 14.9. The molecule has 5 rings (SSSR count). The molecule has 2 aromatic rings. The van der Waals surface area contributed by atoms with Crippen molar-refractivity contribution in [3.63, 3.8) is 0 Å². The number of allylic oxidation sites excluding steroid dienone is 2. The number of amides is 1. The van der Waals surface area contributed by atoms with Crippen LogP contribution in [0.3, 0.4) is 0 Å². The molecule has 162 valence electrons. The number of carbonyl (C=O) groups excluding carboxylic acids is 1. The predicted molar refractivity (Wildman–Crippen MR) is 128 cm³/mol. The molecule has 0 spiro atoms. The van der Waals surface area contributed by atoms with Gasteiger partial charge in [0.25, 0.3) is 5.91 Å². The van der Waals surface area contributed by atoms with E-state index in [9.17, 15) is 4.79 Å². The largest absolute Gasteiger partial charge is 0.306 e. The third kappa shape index (κ3) is 3.90. The van der Waals surface area contributed by atoms with Crippen LogP contribution in [0.1, 0.15) is 49.4 Å². The van der Waals surface area contributed by atoms with Crippen LogP contribution in [-0.4, -0.2) is 51.0 Å². The number of rotatable bonds is 3. The Hall–Kier alpha value is -2.23. The highest BCUT2D eigenvalue weighted by Gasteiger charge is 2.31. The molecular formula is C25H31N4OP. The van der Waals surface area contributed by atoms with Gasteiger partial charge in [-0.2, -0.15) is 0 Å². The second-order valence-electron chi connectivity index (χ2n) is 9.41. The Balaban J connectivity index is 1.45. The lowest BCUT2D eigenvalue weighted by molar-refractivity contribution is -0.123. The molecule has 1 amide bonds. The van der Waals surface area contributed by atoms with Crippen molar-refractivity contribution in [1.82, 2.24) is 19.2 Å². The topological polar surface area (TPSA) is 40.9 Å². The number of pyridine rings is 1. The molecule has 5 nitrogen and oxygen atoms in total. The van der Waals surface area contributed by atoms with Crippen molar-refractivity contribution in [1.29, 1.82) is 0 Å². The smallest absolute Gasteiger partial charge is 0.252 e. The molecule has 0 N–H and O–H groups in total. The molecular weight excluding hydrogens is 403 g/mol. The first kappa shape index (κ1) is 20.7. The van der Waals surface area contributed by atoms with Crippen LogP contribution in [0.2, 0.25) is 0 Å². The molecule has 6 heteroatoms. The maximum Gasteiger partial charge on any atom is 0.252 e. The number of carbonyl (C=O) groups is 1. The van der Waals surface area contributed by atoms with Crippen molar-refractivity contribution < 1.29 is 4.79 Å². The lowest BCUT2D eigenvalue weighted by Crippen LogP contribution is -2.37. The molecule has 31 heavy (non-hydrogen) atoms. The van der Waals surface area contributed by atoms with E-state index in [0.717, 1.165) is 35.3 Å². The number of fused-ring (bicyclic) bond motifs is 2. The number of aromatic nitrogens is 2. The first-order valence-electron chi connectivity index (χ1n) is 11.3. The first-order valence-corrected chi connectivity index (χ1v) is 12.4. The summed E-state index contributed by atoms with van der Waals surface area (Å²) in [6, 6.07) is 2.24. The fourth-order valence-corrected chi connectivity index (χ4v) is 6.23. The summed E-state index contributed by atoms with van der Waals surface area (Å²) in [5.41, 5.74) is 5.72. The predicted octanol–water partition coefficient (Wildman–Crippen LogP) is 4.75. The highest BCUT2D eigenvalue weighted by atomic mass is 31.1. The van der Waals surface area contributed by atoms with Gasteiger partial charge in [0.1, 0.15) is 5.65 Å². The van der Waals surface area contributed by atoms with Gasteiger partial charge in [0, 0.05) is 24.7 Å². The Morgan fingerprint density at radius 3 is 2.71 bits per heavy atom. The number of likely N-dealkylation sites (tertiary alicyclic amines) is 1. The summed E-state index contributed by atoms with van der Waals surface area (Å²) in [5.74, 6) is 1.17. The summed E-state index contributed by atoms with van der Waals surface area (Å²) in [5, 5.41) is 1.14. The van der Waals surface area contributed by atoms with Crippen LogP contribution in [0.5, 0.6) is 0 Å². The van der Waals surface area contributed by atoms with Crippen molar-refractivity contribution >= 4 is 25.4 Å². The van der Waals surface area contributed by atoms with E-state index in [4.69, 9.17) is 4.98 Å². The Labute approximate surface area is 186 Å². The van der Waals surface area contributed by atoms with E-state index >= 15 is 0 Å². The minimum absolute atomic E-state index is 0.0986. The van der Waals surface area contributed by atoms with Gasteiger partial charge < -0.3 is 14.2 Å². The summed E-state index contributed by atoms with van der Waals surface area (Å²) < 4.78 is 2.12. The van der Waals surface area contributed by atoms with Gasteiger partial charge >= 0.3 is 0 Å². The van der Waals surface area contributed by atoms with Crippen LogP contribution in [-0.2, 0) is 4.79 Å². The zero-order valence-electron chi connectivity index (χ0n) is 18.8. The molecule has 3 aliphatic rings. The van der Waals surface area contributed by atoms with E-state index in [1.54, 1.807) is 0 Å². The lowest BCUT2D eigenvalue weighted by atomic mass is 9.88. The SMILES string of the molecule is Cc1cn2cc(C3=CC(=O)N4C=C(C5CCN(C)CC5)C=CC4P3)cc(C(C)C)c2n1. The Morgan fingerprint density at radius 1 is 1.19 bits per heavy atom. The van der Waals surface area contributed by atoms with E-state index in [2.05, 4.69) is 67.0 Å². The quantitative estimate of drug-likeness (QED) is 0.655. The number of hydrogen-bond acceptors (Lipinski definition) is 3. The average Bonchev–Trinajstić information content (AvgIpc) is 3.13. The fourth-order valence-electron chi connectivity index (χ4n) is 4.87. The number of nitrogens with zero attached hydrogens (tertiary/aromatic N) is 4. The van der Waals surface area contributed by atoms with Gasteiger partial charge in [0.05, 0.1) is 11.5 Å². The molecule has 0 aliphatic carbocycles. The standard InChI is InChI=1S/C25H31N4OP/c1-16(2)21-11-20(14-28-13-17(3)26-25(21)28)22-12-23(30)29-15-19(5-6-24(29)31-22)18-7-9-27(4)10-8-18/h5-6,11-16,18,24,31H,7-10H2,1-4H3. The van der Waals surface area contributed by atoms with Gasteiger partial charge in [0.15, 0.2) is 0 Å². The van der Waals surface area contributed by atoms with Gasteiger partial charge in [-0.05, 0) is 79.8 Å². The van der Waals surface area contributed by atoms with Crippen LogP contribution < -0.4 is 0 Å². The van der Waals surface area contributed by atoms with Crippen molar-refractivity contribution in [2.45, 2.75) is 45.3 Å². The van der Waals surface area contributed by atoms with Crippen LogP contribution in [0, 0.1) is 12.8 Å². The van der Waals surface area contributed by atoms with Crippen molar-refractivity contribution in [2.75, 3.05) is 20.1 Å². The molecule has 2 unspecified atom stereocenters. The summed E-state index contributed by atoms with van der Waals surface area (Å²) in [7, 11) is 2.73. The molecule has 1 saturated heterocycles. The van der Waals surface area contributed by atoms with Crippen molar-refractivity contribution in [3.05, 3.63) is 65.3 Å². The summed E-state index contributed by atoms with van der Waals surface area (Å²) in [6.45, 7) is 8.70. The van der Waals surface area contributed by atoms with Gasteiger partial charge in [-0.15, -0.1) is 0 Å². The molecule has 3 aliphatic heterocycles. The molecule has 0 saturated carbocycles. The number of imidazole rings is 1. The fraction of sp³-hybridized carbons (Fsp3) is 0.440. The van der Waals surface area contributed by atoms with Crippen molar-refractivity contribution in [3.8, 4) is 0 Å². The minimum atomic E-state index is 0.0986. The minimum Gasteiger partial charge on any atom is -0.306 e. The number of aryl methyl sites for hydroxylation is 1. The van der Waals surface area contributed by atoms with E-state index in [0.29, 0.717) is 20.4 Å². The Morgan fingerprint density at radius 2 is 1.97 bits per heavy atom. The van der Waals surface area contributed by atoms with E-state index < -0.39 is 0 Å². The molecule has 5 heterocycles. The van der Waals surface area contributed by atoms with Crippen LogP contribution in [0.4, 0.5) is 0 Å². The normalized spacial score (nSPS) is 23.6. The highest BCUT2D eigenvalue weighted by Crippen LogP contribution is 2.46. The van der Waals surface area contributed by atoms with Crippen LogP contribution >= 0.6 is 8.58 Å². The van der Waals surface area contributed by atoms with Gasteiger partial charge in [-0.25, -0.2) is 4.98 Å². The van der Waals surface area contributed by atoms with Gasteiger partial charge in [-0.3, -0.25) is 4.79 Å². The maximum absolute atomic E-state index is 13.1. The third-order valence-corrected chi connectivity index (χ3v) is 8.22. The zero-order chi connectivity index (χ0) is 21.7. The third-order valence-electron chi connectivity index (χ3n) is 6.71. The Bertz CT molecular complexity index is 1120. The van der Waals surface area contributed by atoms with E-state index in [1.807, 2.05) is 17.9 Å². The zero-order valence-corrected chi connectivity index (χ0v) is 19.8. The highest BCUT2D eigenvalue weighted by molar-refractivity contribution is 7.51. The maximum atomic E-state index is 13.1. The molecule has 2 atom stereocenters. The Kier molecular flexibility index (Phi) is 5.35. The van der Waals surface area contributed by atoms with E-state index in [1.165, 1.54) is 24.0 Å². The monoisotopic (exact) mass is 434 g/mol. The average molecular weight is 435 g/mol.